The average molecular weight is 446 g/mol. The van der Waals surface area contributed by atoms with E-state index in [1.54, 1.807) is 0 Å². The van der Waals surface area contributed by atoms with Gasteiger partial charge in [0.25, 0.3) is 0 Å². The Labute approximate surface area is 163 Å². The lowest BCUT2D eigenvalue weighted by Gasteiger charge is -2.60. The molecule has 8 atom stereocenters. The van der Waals surface area contributed by atoms with Gasteiger partial charge in [0.2, 0.25) is 0 Å². The van der Waals surface area contributed by atoms with Gasteiger partial charge in [-0.2, -0.15) is 0 Å². The summed E-state index contributed by atoms with van der Waals surface area (Å²) in [5, 5.41) is 0. The highest BCUT2D eigenvalue weighted by atomic mass is 127. The molecule has 0 bridgehead atoms. The molecule has 0 unspecified atom stereocenters. The third-order valence-corrected chi connectivity index (χ3v) is 9.55. The van der Waals surface area contributed by atoms with Crippen molar-refractivity contribution in [2.45, 2.75) is 78.2 Å². The standard InChI is InChI=1S/C21H31IO2/c1-13(23)24-15-8-10-20(2)14(12-15)4-5-16-17-6-7-19(22)21(17,3)11-9-18(16)20/h7,14-18H,4-6,8-12H2,1-3H3/t14-,15-,16-,17-,18-,20-,21-/m0/s1/i4T,14T/t4-,14-,15-,16-,17-,18-,20-,21-. The first kappa shape index (κ1) is 15.0. The normalized spacial score (nSPS) is 57.7. The maximum absolute atomic E-state index is 11.4. The van der Waals surface area contributed by atoms with E-state index in [9.17, 15) is 6.17 Å². The highest BCUT2D eigenvalue weighted by Crippen LogP contribution is 2.67. The lowest BCUT2D eigenvalue weighted by atomic mass is 9.45. The Hall–Kier alpha value is -0.0600. The van der Waals surface area contributed by atoms with Gasteiger partial charge in [0, 0.05) is 15.1 Å². The molecule has 0 aromatic heterocycles. The van der Waals surface area contributed by atoms with Gasteiger partial charge in [-0.05, 0) is 107 Å². The average Bonchev–Trinajstić information content (AvgIpc) is 2.86. The minimum atomic E-state index is -0.792. The van der Waals surface area contributed by atoms with Gasteiger partial charge < -0.3 is 4.74 Å². The Kier molecular flexibility index (Phi) is 3.75. The molecule has 3 fully saturated rings. The molecule has 0 N–H and O–H groups in total. The van der Waals surface area contributed by atoms with Crippen molar-refractivity contribution in [3.8, 4) is 0 Å². The van der Waals surface area contributed by atoms with E-state index in [4.69, 9.17) is 6.11 Å². The van der Waals surface area contributed by atoms with Crippen LogP contribution in [0.4, 0.5) is 0 Å². The molecule has 0 aromatic rings. The minimum absolute atomic E-state index is 0.131. The number of carbonyl (C=O) groups excluding carboxylic acids is 1. The summed E-state index contributed by atoms with van der Waals surface area (Å²) >= 11 is 2.54. The Morgan fingerprint density at radius 1 is 1.33 bits per heavy atom. The highest BCUT2D eigenvalue weighted by molar-refractivity contribution is 14.1. The number of hydrogen-bond donors (Lipinski definition) is 0. The van der Waals surface area contributed by atoms with E-state index >= 15 is 0 Å². The van der Waals surface area contributed by atoms with Gasteiger partial charge in [-0.15, -0.1) is 0 Å². The van der Waals surface area contributed by atoms with Crippen LogP contribution in [0.1, 0.15) is 74.9 Å². The van der Waals surface area contributed by atoms with E-state index in [1.807, 2.05) is 0 Å². The molecule has 3 saturated carbocycles. The van der Waals surface area contributed by atoms with Crippen LogP contribution in [0.25, 0.3) is 0 Å². The second-order valence-electron chi connectivity index (χ2n) is 8.98. The van der Waals surface area contributed by atoms with Gasteiger partial charge in [-0.25, -0.2) is 0 Å². The summed E-state index contributed by atoms with van der Waals surface area (Å²) in [7, 11) is 0. The summed E-state index contributed by atoms with van der Waals surface area (Å²) < 4.78 is 25.3. The van der Waals surface area contributed by atoms with Gasteiger partial charge in [0.15, 0.2) is 0 Å². The summed E-state index contributed by atoms with van der Waals surface area (Å²) in [6.07, 6.45) is 8.57. The largest absolute Gasteiger partial charge is 0.463 e. The zero-order valence-corrected chi connectivity index (χ0v) is 17.3. The fourth-order valence-electron chi connectivity index (χ4n) is 6.48. The lowest BCUT2D eigenvalue weighted by molar-refractivity contribution is -0.158. The van der Waals surface area contributed by atoms with Crippen molar-refractivity contribution < 1.29 is 12.3 Å². The van der Waals surface area contributed by atoms with Crippen molar-refractivity contribution in [3.05, 3.63) is 9.66 Å². The number of allylic oxidation sites excluding steroid dienone is 2. The molecule has 134 valence electrons. The molecule has 0 saturated heterocycles. The number of esters is 1. The SMILES string of the molecule is [3H][C@H]1C[C@H]2[C@@H]3CC=C(I)[C@@]3(C)CC[C@@H]2[C@@]2(C)CC[C@H](OC(C)=O)C[C@]12[3H]. The zero-order valence-electron chi connectivity index (χ0n) is 17.1. The van der Waals surface area contributed by atoms with Gasteiger partial charge in [0.05, 0.1) is 0 Å². The van der Waals surface area contributed by atoms with Crippen LogP contribution in [0.2, 0.25) is 0 Å². The number of halogens is 1. The molecule has 0 spiro atoms. The minimum Gasteiger partial charge on any atom is -0.463 e. The van der Waals surface area contributed by atoms with Crippen LogP contribution in [0.5, 0.6) is 0 Å². The second-order valence-corrected chi connectivity index (χ2v) is 10.1. The summed E-state index contributed by atoms with van der Waals surface area (Å²) in [5.41, 5.74) is 0.170. The monoisotopic (exact) mass is 446 g/mol. The van der Waals surface area contributed by atoms with Crippen LogP contribution in [-0.4, -0.2) is 12.1 Å². The summed E-state index contributed by atoms with van der Waals surface area (Å²) in [6.45, 7) is 6.18. The van der Waals surface area contributed by atoms with Gasteiger partial charge in [-0.3, -0.25) is 4.79 Å². The molecule has 2 nitrogen and oxygen atoms in total. The molecule has 24 heavy (non-hydrogen) atoms. The molecule has 4 aliphatic carbocycles. The first-order chi connectivity index (χ1) is 12.1. The van der Waals surface area contributed by atoms with Crippen LogP contribution < -0.4 is 0 Å². The van der Waals surface area contributed by atoms with E-state index in [-0.39, 0.29) is 23.9 Å². The molecule has 4 aliphatic rings. The Bertz CT molecular complexity index is 652. The van der Waals surface area contributed by atoms with Crippen LogP contribution >= 0.6 is 22.6 Å². The quantitative estimate of drug-likeness (QED) is 0.371. The fourth-order valence-corrected chi connectivity index (χ4v) is 7.40. The number of hydrogen-bond acceptors (Lipinski definition) is 2. The molecule has 4 rings (SSSR count). The van der Waals surface area contributed by atoms with Gasteiger partial charge in [0.1, 0.15) is 6.10 Å². The molecule has 0 amide bonds. The highest BCUT2D eigenvalue weighted by Gasteiger charge is 2.58. The van der Waals surface area contributed by atoms with Crippen molar-refractivity contribution >= 4 is 28.6 Å². The molecule has 0 aromatic carbocycles. The first-order valence-electron chi connectivity index (χ1n) is 10.7. The van der Waals surface area contributed by atoms with Crippen LogP contribution in [-0.2, 0) is 9.53 Å². The van der Waals surface area contributed by atoms with E-state index in [0.29, 0.717) is 29.6 Å². The predicted molar refractivity (Wildman–Crippen MR) is 105 cm³/mol. The first-order valence-corrected chi connectivity index (χ1v) is 10.7. The molecule has 0 aliphatic heterocycles. The Balaban J connectivity index is 1.64. The second kappa shape index (κ2) is 5.99. The zero-order chi connectivity index (χ0) is 18.9. The van der Waals surface area contributed by atoms with E-state index in [2.05, 4.69) is 42.5 Å². The van der Waals surface area contributed by atoms with Crippen LogP contribution in [0.3, 0.4) is 0 Å². The van der Waals surface area contributed by atoms with Crippen molar-refractivity contribution in [1.29, 1.82) is 0 Å². The van der Waals surface area contributed by atoms with Crippen molar-refractivity contribution in [3.63, 3.8) is 0 Å². The number of rotatable bonds is 1. The topological polar surface area (TPSA) is 26.3 Å². The third kappa shape index (κ3) is 2.51. The lowest BCUT2D eigenvalue weighted by Crippen LogP contribution is -2.53. The number of carbonyl (C=O) groups is 1. The summed E-state index contributed by atoms with van der Waals surface area (Å²) in [6, 6.07) is 0. The third-order valence-electron chi connectivity index (χ3n) is 7.88. The molecule has 3 heteroatoms. The van der Waals surface area contributed by atoms with Crippen molar-refractivity contribution in [1.82, 2.24) is 0 Å². The number of ether oxygens (including phenoxy) is 1. The fraction of sp³-hybridized carbons (Fsp3) is 0.857. The summed E-state index contributed by atoms with van der Waals surface area (Å²) in [4.78, 5) is 11.4. The maximum atomic E-state index is 11.4. The summed E-state index contributed by atoms with van der Waals surface area (Å²) in [5.74, 6) is 0.701. The van der Waals surface area contributed by atoms with Crippen molar-refractivity contribution in [2.24, 2.45) is 34.5 Å². The molecule has 0 radical (unpaired) electrons. The Morgan fingerprint density at radius 2 is 2.12 bits per heavy atom. The van der Waals surface area contributed by atoms with Gasteiger partial charge >= 0.3 is 5.97 Å². The van der Waals surface area contributed by atoms with Crippen LogP contribution in [0.15, 0.2) is 9.66 Å². The van der Waals surface area contributed by atoms with Gasteiger partial charge in [-0.1, -0.05) is 19.9 Å². The maximum Gasteiger partial charge on any atom is 0.302 e. The molecular formula is C21H31IO2. The smallest absolute Gasteiger partial charge is 0.302 e. The van der Waals surface area contributed by atoms with Crippen molar-refractivity contribution in [2.75, 3.05) is 0 Å². The predicted octanol–water partition coefficient (Wildman–Crippen LogP) is 5.89. The molecule has 0 heterocycles. The van der Waals surface area contributed by atoms with E-state index in [1.165, 1.54) is 23.3 Å². The van der Waals surface area contributed by atoms with E-state index in [0.717, 1.165) is 25.7 Å². The Morgan fingerprint density at radius 3 is 2.88 bits per heavy atom. The van der Waals surface area contributed by atoms with E-state index < -0.39 is 5.89 Å². The number of fused-ring (bicyclic) bond motifs is 5. The molecular weight excluding hydrogens is 411 g/mol. The van der Waals surface area contributed by atoms with Crippen LogP contribution in [0, 0.1) is 34.5 Å².